The van der Waals surface area contributed by atoms with Crippen molar-refractivity contribution in [1.29, 1.82) is 0 Å². The fourth-order valence-electron chi connectivity index (χ4n) is 3.39. The van der Waals surface area contributed by atoms with Crippen molar-refractivity contribution < 1.29 is 17.9 Å². The summed E-state index contributed by atoms with van der Waals surface area (Å²) in [4.78, 5) is 14.7. The number of carbonyl (C=O) groups is 1. The topological polar surface area (TPSA) is 63.7 Å². The van der Waals surface area contributed by atoms with E-state index in [9.17, 15) is 13.2 Å². The summed E-state index contributed by atoms with van der Waals surface area (Å²) < 4.78 is 30.0. The number of ether oxygens (including phenoxy) is 1. The third-order valence-corrected chi connectivity index (χ3v) is 6.63. The number of hydrogen-bond acceptors (Lipinski definition) is 4. The Balaban J connectivity index is 1.69. The molecule has 6 heteroatoms. The fourth-order valence-corrected chi connectivity index (χ4v) is 4.64. The second kappa shape index (κ2) is 7.50. The quantitative estimate of drug-likeness (QED) is 0.808. The summed E-state index contributed by atoms with van der Waals surface area (Å²) in [6.07, 6.45) is 0.737. The Morgan fingerprint density at radius 1 is 1.19 bits per heavy atom. The van der Waals surface area contributed by atoms with Crippen LogP contribution in [0.5, 0.6) is 5.75 Å². The number of methoxy groups -OCH3 is 1. The van der Waals surface area contributed by atoms with Crippen molar-refractivity contribution in [3.8, 4) is 5.75 Å². The first-order valence-corrected chi connectivity index (χ1v) is 10.3. The third-order valence-electron chi connectivity index (χ3n) is 4.90. The standard InChI is InChI=1S/C20H23NO4S/c1-15-19-9-8-17(25-2)14-16(19)10-12-21(15)20(22)11-13-26(23,24)18-6-4-3-5-7-18/h3-9,14-15H,10-13H2,1-2H3. The summed E-state index contributed by atoms with van der Waals surface area (Å²) in [5.41, 5.74) is 2.27. The van der Waals surface area contributed by atoms with Crippen LogP contribution in [0.1, 0.15) is 30.5 Å². The Labute approximate surface area is 154 Å². The Morgan fingerprint density at radius 3 is 2.62 bits per heavy atom. The summed E-state index contributed by atoms with van der Waals surface area (Å²) in [6, 6.07) is 14.1. The predicted molar refractivity (Wildman–Crippen MR) is 99.9 cm³/mol. The van der Waals surface area contributed by atoms with Crippen molar-refractivity contribution >= 4 is 15.7 Å². The lowest BCUT2D eigenvalue weighted by Gasteiger charge is -2.35. The number of nitrogens with zero attached hydrogens (tertiary/aromatic N) is 1. The van der Waals surface area contributed by atoms with E-state index in [1.807, 2.05) is 25.1 Å². The van der Waals surface area contributed by atoms with E-state index in [1.165, 1.54) is 5.56 Å². The van der Waals surface area contributed by atoms with Crippen LogP contribution >= 0.6 is 0 Å². The van der Waals surface area contributed by atoms with Crippen LogP contribution in [-0.2, 0) is 21.1 Å². The van der Waals surface area contributed by atoms with E-state index in [0.717, 1.165) is 17.7 Å². The Bertz CT molecular complexity index is 893. The summed E-state index contributed by atoms with van der Waals surface area (Å²) in [7, 11) is -1.81. The first kappa shape index (κ1) is 18.5. The molecule has 0 radical (unpaired) electrons. The molecule has 0 N–H and O–H groups in total. The maximum atomic E-state index is 12.7. The van der Waals surface area contributed by atoms with Crippen LogP contribution in [0.4, 0.5) is 0 Å². The molecule has 5 nitrogen and oxygen atoms in total. The number of rotatable bonds is 5. The molecule has 1 aliphatic heterocycles. The number of amides is 1. The van der Waals surface area contributed by atoms with Crippen molar-refractivity contribution in [3.05, 3.63) is 59.7 Å². The molecule has 0 saturated heterocycles. The van der Waals surface area contributed by atoms with Crippen LogP contribution in [-0.4, -0.2) is 38.6 Å². The van der Waals surface area contributed by atoms with Crippen molar-refractivity contribution in [2.24, 2.45) is 0 Å². The van der Waals surface area contributed by atoms with Crippen molar-refractivity contribution in [2.75, 3.05) is 19.4 Å². The molecule has 2 aromatic carbocycles. The minimum Gasteiger partial charge on any atom is -0.497 e. The van der Waals surface area contributed by atoms with Crippen LogP contribution in [0.2, 0.25) is 0 Å². The lowest BCUT2D eigenvalue weighted by Crippen LogP contribution is -2.39. The van der Waals surface area contributed by atoms with Crippen LogP contribution in [0.25, 0.3) is 0 Å². The van der Waals surface area contributed by atoms with Crippen LogP contribution < -0.4 is 4.74 Å². The van der Waals surface area contributed by atoms with Gasteiger partial charge in [-0.1, -0.05) is 24.3 Å². The van der Waals surface area contributed by atoms with Gasteiger partial charge in [-0.2, -0.15) is 0 Å². The van der Waals surface area contributed by atoms with E-state index in [-0.39, 0.29) is 29.0 Å². The lowest BCUT2D eigenvalue weighted by atomic mass is 9.93. The van der Waals surface area contributed by atoms with Gasteiger partial charge in [-0.15, -0.1) is 0 Å². The van der Waals surface area contributed by atoms with Gasteiger partial charge in [-0.3, -0.25) is 4.79 Å². The zero-order chi connectivity index (χ0) is 18.7. The molecule has 0 saturated carbocycles. The summed E-state index contributed by atoms with van der Waals surface area (Å²) in [5, 5.41) is 0. The van der Waals surface area contributed by atoms with E-state index in [4.69, 9.17) is 4.74 Å². The van der Waals surface area contributed by atoms with Gasteiger partial charge in [0.25, 0.3) is 0 Å². The van der Waals surface area contributed by atoms with Gasteiger partial charge in [0, 0.05) is 13.0 Å². The van der Waals surface area contributed by atoms with E-state index in [0.29, 0.717) is 6.54 Å². The molecular formula is C20H23NO4S. The van der Waals surface area contributed by atoms with Crippen molar-refractivity contribution in [2.45, 2.75) is 30.7 Å². The van der Waals surface area contributed by atoms with Crippen LogP contribution in [0.3, 0.4) is 0 Å². The zero-order valence-corrected chi connectivity index (χ0v) is 15.8. The highest BCUT2D eigenvalue weighted by Gasteiger charge is 2.28. The number of benzene rings is 2. The average Bonchev–Trinajstić information content (AvgIpc) is 2.67. The molecule has 1 aliphatic rings. The van der Waals surface area contributed by atoms with E-state index < -0.39 is 9.84 Å². The summed E-state index contributed by atoms with van der Waals surface area (Å²) >= 11 is 0. The smallest absolute Gasteiger partial charge is 0.224 e. The fraction of sp³-hybridized carbons (Fsp3) is 0.350. The van der Waals surface area contributed by atoms with Gasteiger partial charge in [-0.05, 0) is 48.7 Å². The number of carbonyl (C=O) groups excluding carboxylic acids is 1. The molecule has 1 amide bonds. The van der Waals surface area contributed by atoms with Gasteiger partial charge >= 0.3 is 0 Å². The highest BCUT2D eigenvalue weighted by molar-refractivity contribution is 7.91. The Kier molecular flexibility index (Phi) is 5.32. The zero-order valence-electron chi connectivity index (χ0n) is 15.0. The van der Waals surface area contributed by atoms with Gasteiger partial charge in [0.2, 0.25) is 5.91 Å². The van der Waals surface area contributed by atoms with E-state index in [2.05, 4.69) is 0 Å². The van der Waals surface area contributed by atoms with Crippen molar-refractivity contribution in [3.63, 3.8) is 0 Å². The molecule has 2 aromatic rings. The Hall–Kier alpha value is -2.34. The SMILES string of the molecule is COc1ccc2c(c1)CCN(C(=O)CCS(=O)(=O)c1ccccc1)C2C. The van der Waals surface area contributed by atoms with Gasteiger partial charge in [0.05, 0.1) is 23.8 Å². The first-order valence-electron chi connectivity index (χ1n) is 8.66. The minimum atomic E-state index is -3.45. The second-order valence-electron chi connectivity index (χ2n) is 6.46. The van der Waals surface area contributed by atoms with Crippen molar-refractivity contribution in [1.82, 2.24) is 4.90 Å². The third kappa shape index (κ3) is 3.75. The van der Waals surface area contributed by atoms with Gasteiger partial charge < -0.3 is 9.64 Å². The normalized spacial score (nSPS) is 16.8. The first-order chi connectivity index (χ1) is 12.4. The molecule has 138 valence electrons. The van der Waals surface area contributed by atoms with E-state index in [1.54, 1.807) is 42.3 Å². The molecule has 1 heterocycles. The summed E-state index contributed by atoms with van der Waals surface area (Å²) in [6.45, 7) is 2.57. The lowest BCUT2D eigenvalue weighted by molar-refractivity contribution is -0.133. The average molecular weight is 373 g/mol. The highest BCUT2D eigenvalue weighted by atomic mass is 32.2. The second-order valence-corrected chi connectivity index (χ2v) is 8.57. The maximum Gasteiger partial charge on any atom is 0.224 e. The van der Waals surface area contributed by atoms with Crippen LogP contribution in [0, 0.1) is 0 Å². The minimum absolute atomic E-state index is 0.00689. The molecule has 0 aliphatic carbocycles. The predicted octanol–water partition coefficient (Wildman–Crippen LogP) is 3.00. The highest BCUT2D eigenvalue weighted by Crippen LogP contribution is 2.32. The van der Waals surface area contributed by atoms with Gasteiger partial charge in [0.1, 0.15) is 5.75 Å². The number of fused-ring (bicyclic) bond motifs is 1. The Morgan fingerprint density at radius 2 is 1.92 bits per heavy atom. The number of sulfone groups is 1. The molecule has 26 heavy (non-hydrogen) atoms. The number of hydrogen-bond donors (Lipinski definition) is 0. The largest absolute Gasteiger partial charge is 0.497 e. The van der Waals surface area contributed by atoms with E-state index >= 15 is 0 Å². The molecule has 0 bridgehead atoms. The molecule has 3 rings (SSSR count). The summed E-state index contributed by atoms with van der Waals surface area (Å²) in [5.74, 6) is 0.511. The van der Waals surface area contributed by atoms with Crippen LogP contribution in [0.15, 0.2) is 53.4 Å². The maximum absolute atomic E-state index is 12.7. The molecule has 0 spiro atoms. The molecule has 0 fully saturated rings. The molecule has 0 aromatic heterocycles. The molecule has 1 atom stereocenters. The molecule has 1 unspecified atom stereocenters. The monoisotopic (exact) mass is 373 g/mol. The molecular weight excluding hydrogens is 350 g/mol. The van der Waals surface area contributed by atoms with Gasteiger partial charge in [0.15, 0.2) is 9.84 Å². The van der Waals surface area contributed by atoms with Gasteiger partial charge in [-0.25, -0.2) is 8.42 Å².